The second-order valence-electron chi connectivity index (χ2n) is 6.34. The van der Waals surface area contributed by atoms with Gasteiger partial charge in [0.25, 0.3) is 0 Å². The van der Waals surface area contributed by atoms with E-state index < -0.39 is 11.7 Å². The summed E-state index contributed by atoms with van der Waals surface area (Å²) in [7, 11) is 0. The van der Waals surface area contributed by atoms with Gasteiger partial charge in [0.15, 0.2) is 5.82 Å². The van der Waals surface area contributed by atoms with Crippen molar-refractivity contribution in [2.75, 3.05) is 18.5 Å². The number of pyridine rings is 1. The molecule has 1 aromatic carbocycles. The zero-order chi connectivity index (χ0) is 20.9. The Morgan fingerprint density at radius 1 is 1.25 bits per heavy atom. The Morgan fingerprint density at radius 2 is 1.93 bits per heavy atom. The first-order chi connectivity index (χ1) is 13.2. The van der Waals surface area contributed by atoms with Crippen molar-refractivity contribution in [1.29, 1.82) is 0 Å². The van der Waals surface area contributed by atoms with Crippen LogP contribution in [0, 0.1) is 0 Å². The third-order valence-corrected chi connectivity index (χ3v) is 4.72. The van der Waals surface area contributed by atoms with Crippen LogP contribution in [0.1, 0.15) is 37.5 Å². The number of hydrogen-bond donors (Lipinski definition) is 3. The van der Waals surface area contributed by atoms with Crippen LogP contribution in [0.3, 0.4) is 0 Å². The summed E-state index contributed by atoms with van der Waals surface area (Å²) in [5.41, 5.74) is 3.82. The smallest absolute Gasteiger partial charge is 0.417 e. The molecular formula is C19H23ClF3N4O+. The monoisotopic (exact) mass is 415 g/mol. The van der Waals surface area contributed by atoms with Crippen LogP contribution in [-0.4, -0.2) is 28.9 Å². The van der Waals surface area contributed by atoms with Crippen molar-refractivity contribution in [3.63, 3.8) is 0 Å². The van der Waals surface area contributed by atoms with Gasteiger partial charge in [0, 0.05) is 11.8 Å². The Morgan fingerprint density at radius 3 is 2.50 bits per heavy atom. The van der Waals surface area contributed by atoms with Crippen LogP contribution in [0.4, 0.5) is 19.0 Å². The highest BCUT2D eigenvalue weighted by molar-refractivity contribution is 6.33. The van der Waals surface area contributed by atoms with E-state index in [1.165, 1.54) is 4.90 Å². The quantitative estimate of drug-likeness (QED) is 0.477. The van der Waals surface area contributed by atoms with E-state index in [0.717, 1.165) is 30.3 Å². The van der Waals surface area contributed by atoms with Gasteiger partial charge in [-0.2, -0.15) is 18.3 Å². The van der Waals surface area contributed by atoms with Crippen molar-refractivity contribution in [1.82, 2.24) is 4.98 Å². The highest BCUT2D eigenvalue weighted by atomic mass is 35.5. The zero-order valence-corrected chi connectivity index (χ0v) is 16.6. The van der Waals surface area contributed by atoms with Crippen LogP contribution in [-0.2, 0) is 12.7 Å². The van der Waals surface area contributed by atoms with Crippen molar-refractivity contribution in [3.8, 4) is 5.75 Å². The van der Waals surface area contributed by atoms with E-state index in [0.29, 0.717) is 18.5 Å². The summed E-state index contributed by atoms with van der Waals surface area (Å²) in [5.74, 6) is 0.247. The Kier molecular flexibility index (Phi) is 7.26. The molecule has 0 saturated heterocycles. The molecule has 0 aliphatic carbocycles. The van der Waals surface area contributed by atoms with E-state index in [9.17, 15) is 18.3 Å². The first-order valence-electron chi connectivity index (χ1n) is 8.84. The van der Waals surface area contributed by atoms with E-state index >= 15 is 0 Å². The number of alkyl halides is 3. The van der Waals surface area contributed by atoms with Gasteiger partial charge in [-0.3, -0.25) is 5.43 Å². The molecule has 0 fully saturated rings. The van der Waals surface area contributed by atoms with Gasteiger partial charge in [-0.15, -0.1) is 0 Å². The molecule has 2 aromatic rings. The summed E-state index contributed by atoms with van der Waals surface area (Å²) in [6.07, 6.45) is -3.81. The molecule has 0 aliphatic heterocycles. The lowest BCUT2D eigenvalue weighted by Crippen LogP contribution is -3.10. The lowest BCUT2D eigenvalue weighted by Gasteiger charge is -2.16. The molecule has 0 atom stereocenters. The first-order valence-corrected chi connectivity index (χ1v) is 9.22. The SMILES string of the molecule is CC[NH+](CC)Cc1cc(/C(C)=N/Nc2ncc(C(F)(F)F)cc2Cl)ccc1O. The number of aromatic hydroxyl groups is 1. The van der Waals surface area contributed by atoms with Gasteiger partial charge < -0.3 is 10.0 Å². The molecule has 5 nitrogen and oxygen atoms in total. The van der Waals surface area contributed by atoms with E-state index in [-0.39, 0.29) is 16.6 Å². The van der Waals surface area contributed by atoms with Crippen molar-refractivity contribution in [3.05, 3.63) is 52.2 Å². The Hall–Kier alpha value is -2.32. The molecule has 0 bridgehead atoms. The number of benzene rings is 1. The lowest BCUT2D eigenvalue weighted by atomic mass is 10.1. The minimum atomic E-state index is -4.51. The number of rotatable bonds is 7. The number of phenols is 1. The highest BCUT2D eigenvalue weighted by Crippen LogP contribution is 2.32. The average Bonchev–Trinajstić information content (AvgIpc) is 2.65. The molecule has 28 heavy (non-hydrogen) atoms. The molecular weight excluding hydrogens is 393 g/mol. The zero-order valence-electron chi connectivity index (χ0n) is 15.9. The van der Waals surface area contributed by atoms with Crippen molar-refractivity contribution >= 4 is 23.1 Å². The molecule has 9 heteroatoms. The molecule has 152 valence electrons. The van der Waals surface area contributed by atoms with Crippen molar-refractivity contribution < 1.29 is 23.2 Å². The molecule has 1 aromatic heterocycles. The minimum Gasteiger partial charge on any atom is -0.507 e. The topological polar surface area (TPSA) is 62.0 Å². The largest absolute Gasteiger partial charge is 0.507 e. The van der Waals surface area contributed by atoms with Crippen LogP contribution in [0.5, 0.6) is 5.75 Å². The van der Waals surface area contributed by atoms with Gasteiger partial charge in [-0.25, -0.2) is 4.98 Å². The van der Waals surface area contributed by atoms with Crippen molar-refractivity contribution in [2.45, 2.75) is 33.5 Å². The number of hydrogen-bond acceptors (Lipinski definition) is 4. The van der Waals surface area contributed by atoms with Crippen LogP contribution in [0.15, 0.2) is 35.6 Å². The van der Waals surface area contributed by atoms with Gasteiger partial charge in [0.1, 0.15) is 12.3 Å². The lowest BCUT2D eigenvalue weighted by molar-refractivity contribution is -0.910. The fourth-order valence-corrected chi connectivity index (χ4v) is 2.81. The summed E-state index contributed by atoms with van der Waals surface area (Å²) in [5, 5.41) is 14.1. The van der Waals surface area contributed by atoms with Gasteiger partial charge in [0.2, 0.25) is 0 Å². The number of nitrogens with zero attached hydrogens (tertiary/aromatic N) is 2. The molecule has 1 heterocycles. The van der Waals surface area contributed by atoms with Crippen LogP contribution in [0.25, 0.3) is 0 Å². The second-order valence-corrected chi connectivity index (χ2v) is 6.75. The number of quaternary nitrogens is 1. The second kappa shape index (κ2) is 9.25. The standard InChI is InChI=1S/C19H22ClF3N4O/c1-4-27(5-2)11-14-8-13(6-7-17(14)28)12(3)25-26-18-16(20)9-15(10-24-18)19(21,22)23/h6-10,28H,4-5,11H2,1-3H3,(H,24,26)/p+1/b25-12+. The van der Waals surface area contributed by atoms with Crippen LogP contribution >= 0.6 is 11.6 Å². The number of aromatic nitrogens is 1. The molecule has 0 saturated carbocycles. The molecule has 0 unspecified atom stereocenters. The van der Waals surface area contributed by atoms with E-state index in [1.807, 2.05) is 6.07 Å². The average molecular weight is 416 g/mol. The van der Waals surface area contributed by atoms with Gasteiger partial charge in [0.05, 0.1) is 29.4 Å². The maximum Gasteiger partial charge on any atom is 0.417 e. The first kappa shape index (κ1) is 22.0. The van der Waals surface area contributed by atoms with Gasteiger partial charge in [-0.1, -0.05) is 11.6 Å². The number of anilines is 1. The Bertz CT molecular complexity index is 852. The minimum absolute atomic E-state index is 0.0283. The van der Waals surface area contributed by atoms with Crippen LogP contribution in [0.2, 0.25) is 5.02 Å². The summed E-state index contributed by atoms with van der Waals surface area (Å²) in [4.78, 5) is 5.01. The fourth-order valence-electron chi connectivity index (χ4n) is 2.60. The number of hydrazone groups is 1. The molecule has 0 aliphatic rings. The highest BCUT2D eigenvalue weighted by Gasteiger charge is 2.31. The molecule has 0 radical (unpaired) electrons. The van der Waals surface area contributed by atoms with Crippen LogP contribution < -0.4 is 10.3 Å². The maximum absolute atomic E-state index is 12.7. The fraction of sp³-hybridized carbons (Fsp3) is 0.368. The third kappa shape index (κ3) is 5.59. The van der Waals surface area contributed by atoms with E-state index in [2.05, 4.69) is 29.4 Å². The predicted octanol–water partition coefficient (Wildman–Crippen LogP) is 3.72. The number of nitrogens with one attached hydrogen (secondary N) is 2. The normalized spacial score (nSPS) is 12.5. The molecule has 2 rings (SSSR count). The molecule has 0 spiro atoms. The summed E-state index contributed by atoms with van der Waals surface area (Å²) in [6.45, 7) is 8.46. The number of phenolic OH excluding ortho intramolecular Hbond substituents is 1. The van der Waals surface area contributed by atoms with E-state index in [4.69, 9.17) is 11.6 Å². The molecule has 3 N–H and O–H groups in total. The molecule has 0 amide bonds. The summed E-state index contributed by atoms with van der Waals surface area (Å²) >= 11 is 5.87. The van der Waals surface area contributed by atoms with Crippen molar-refractivity contribution in [2.24, 2.45) is 5.10 Å². The Balaban J connectivity index is 2.20. The van der Waals surface area contributed by atoms with Gasteiger partial charge in [-0.05, 0) is 50.6 Å². The predicted molar refractivity (Wildman–Crippen MR) is 104 cm³/mol. The maximum atomic E-state index is 12.7. The number of halogens is 4. The third-order valence-electron chi connectivity index (χ3n) is 4.44. The van der Waals surface area contributed by atoms with Gasteiger partial charge >= 0.3 is 6.18 Å². The Labute approximate surface area is 166 Å². The van der Waals surface area contributed by atoms with E-state index in [1.54, 1.807) is 19.1 Å². The summed E-state index contributed by atoms with van der Waals surface area (Å²) in [6, 6.07) is 5.98. The summed E-state index contributed by atoms with van der Waals surface area (Å²) < 4.78 is 38.0.